The predicted molar refractivity (Wildman–Crippen MR) is 128 cm³/mol. The maximum Gasteiger partial charge on any atom is 0.240 e. The highest BCUT2D eigenvalue weighted by molar-refractivity contribution is 7.97. The third-order valence-electron chi connectivity index (χ3n) is 6.15. The molecule has 0 spiro atoms. The average molecular weight is 451 g/mol. The third-order valence-corrected chi connectivity index (χ3v) is 6.84. The van der Waals surface area contributed by atoms with E-state index in [1.807, 2.05) is 28.9 Å². The number of hydrogen-bond donors (Lipinski definition) is 3. The van der Waals surface area contributed by atoms with E-state index in [0.29, 0.717) is 34.8 Å². The molecule has 0 saturated heterocycles. The second kappa shape index (κ2) is 8.40. The normalized spacial score (nSPS) is 14.8. The Labute approximate surface area is 190 Å². The summed E-state index contributed by atoms with van der Waals surface area (Å²) >= 11 is 1.09. The Balaban J connectivity index is 1.66. The van der Waals surface area contributed by atoms with E-state index < -0.39 is 0 Å². The Morgan fingerprint density at radius 1 is 1.12 bits per heavy atom. The SMILES string of the molecule is COc1nn(C2CCCCC2)cc1-c1cnc(N)c2oc(-c3cccc(N)c3SN)cc12. The lowest BCUT2D eigenvalue weighted by Crippen LogP contribution is -2.13. The zero-order valence-electron chi connectivity index (χ0n) is 17.9. The van der Waals surface area contributed by atoms with Gasteiger partial charge in [0.05, 0.1) is 23.6 Å². The molecule has 1 saturated carbocycles. The number of fused-ring (bicyclic) bond motifs is 1. The van der Waals surface area contributed by atoms with Crippen LogP contribution in [0.2, 0.25) is 0 Å². The van der Waals surface area contributed by atoms with E-state index in [4.69, 9.17) is 30.9 Å². The number of pyridine rings is 1. The minimum absolute atomic E-state index is 0.319. The number of methoxy groups -OCH3 is 1. The molecule has 0 bridgehead atoms. The molecule has 5 rings (SSSR count). The van der Waals surface area contributed by atoms with Crippen molar-refractivity contribution in [2.75, 3.05) is 18.6 Å². The Bertz CT molecular complexity index is 1280. The number of nitrogen functional groups attached to an aromatic ring is 2. The molecule has 0 unspecified atom stereocenters. The number of benzene rings is 1. The molecule has 166 valence electrons. The van der Waals surface area contributed by atoms with E-state index >= 15 is 0 Å². The van der Waals surface area contributed by atoms with Crippen LogP contribution in [0.3, 0.4) is 0 Å². The highest BCUT2D eigenvalue weighted by Crippen LogP contribution is 2.42. The quantitative estimate of drug-likeness (QED) is 0.286. The van der Waals surface area contributed by atoms with Crippen molar-refractivity contribution < 1.29 is 9.15 Å². The van der Waals surface area contributed by atoms with Gasteiger partial charge in [-0.25, -0.2) is 4.98 Å². The lowest BCUT2D eigenvalue weighted by Gasteiger charge is -2.21. The van der Waals surface area contributed by atoms with Crippen molar-refractivity contribution in [3.05, 3.63) is 36.7 Å². The predicted octanol–water partition coefficient (Wildman–Crippen LogP) is 5.00. The largest absolute Gasteiger partial charge is 0.479 e. The van der Waals surface area contributed by atoms with Gasteiger partial charge < -0.3 is 20.6 Å². The van der Waals surface area contributed by atoms with Crippen molar-refractivity contribution in [2.45, 2.75) is 43.0 Å². The van der Waals surface area contributed by atoms with Crippen LogP contribution in [0.4, 0.5) is 11.5 Å². The number of aromatic nitrogens is 3. The topological polar surface area (TPSA) is 131 Å². The zero-order valence-corrected chi connectivity index (χ0v) is 18.7. The first-order chi connectivity index (χ1) is 15.6. The molecule has 1 aromatic carbocycles. The summed E-state index contributed by atoms with van der Waals surface area (Å²) in [5.74, 6) is 1.51. The van der Waals surface area contributed by atoms with E-state index in [-0.39, 0.29) is 0 Å². The number of anilines is 2. The molecule has 32 heavy (non-hydrogen) atoms. The summed E-state index contributed by atoms with van der Waals surface area (Å²) in [4.78, 5) is 5.14. The van der Waals surface area contributed by atoms with Crippen molar-refractivity contribution in [3.63, 3.8) is 0 Å². The third kappa shape index (κ3) is 3.47. The Morgan fingerprint density at radius 2 is 1.94 bits per heavy atom. The van der Waals surface area contributed by atoms with Crippen LogP contribution in [0, 0.1) is 0 Å². The van der Waals surface area contributed by atoms with Crippen LogP contribution in [0.5, 0.6) is 5.88 Å². The summed E-state index contributed by atoms with van der Waals surface area (Å²) in [5, 5.41) is 11.4. The molecule has 6 N–H and O–H groups in total. The molecule has 3 heterocycles. The summed E-state index contributed by atoms with van der Waals surface area (Å²) in [5.41, 5.74) is 15.9. The van der Waals surface area contributed by atoms with Gasteiger partial charge in [-0.1, -0.05) is 25.3 Å². The van der Waals surface area contributed by atoms with Crippen molar-refractivity contribution in [1.29, 1.82) is 0 Å². The fourth-order valence-electron chi connectivity index (χ4n) is 4.51. The molecule has 0 amide bonds. The second-order valence-corrected chi connectivity index (χ2v) is 8.72. The average Bonchev–Trinajstić information content (AvgIpc) is 3.45. The molecule has 3 aromatic heterocycles. The number of nitrogens with zero attached hydrogens (tertiary/aromatic N) is 3. The van der Waals surface area contributed by atoms with Crippen LogP contribution in [-0.2, 0) is 0 Å². The molecule has 4 aromatic rings. The number of rotatable bonds is 5. The maximum atomic E-state index is 6.18. The summed E-state index contributed by atoms with van der Waals surface area (Å²) in [7, 11) is 1.64. The van der Waals surface area contributed by atoms with Gasteiger partial charge in [0.2, 0.25) is 5.88 Å². The summed E-state index contributed by atoms with van der Waals surface area (Å²) in [6.45, 7) is 0. The van der Waals surface area contributed by atoms with Crippen molar-refractivity contribution in [1.82, 2.24) is 14.8 Å². The highest BCUT2D eigenvalue weighted by Gasteiger charge is 2.23. The van der Waals surface area contributed by atoms with Crippen LogP contribution >= 0.6 is 11.9 Å². The molecule has 1 fully saturated rings. The van der Waals surface area contributed by atoms with Gasteiger partial charge in [0.1, 0.15) is 5.76 Å². The molecular weight excluding hydrogens is 424 g/mol. The monoisotopic (exact) mass is 450 g/mol. The number of hydrogen-bond acceptors (Lipinski definition) is 8. The summed E-state index contributed by atoms with van der Waals surface area (Å²) in [6.07, 6.45) is 9.80. The fraction of sp³-hybridized carbons (Fsp3) is 0.304. The first-order valence-electron chi connectivity index (χ1n) is 10.7. The van der Waals surface area contributed by atoms with Crippen molar-refractivity contribution in [3.8, 4) is 28.3 Å². The van der Waals surface area contributed by atoms with E-state index in [1.165, 1.54) is 19.3 Å². The molecule has 1 aliphatic carbocycles. The van der Waals surface area contributed by atoms with E-state index in [2.05, 4.69) is 11.2 Å². The standard InChI is InChI=1S/C23H26N6O2S/c1-30-23-17(12-29(28-23)13-6-3-2-4-7-13)16-11-27-22(25)20-15(16)10-19(31-20)14-8-5-9-18(24)21(14)32-26/h5,8-13H,2-4,6-7,24,26H2,1H3,(H2,25,27). The van der Waals surface area contributed by atoms with Crippen molar-refractivity contribution >= 4 is 34.4 Å². The van der Waals surface area contributed by atoms with E-state index in [9.17, 15) is 0 Å². The smallest absolute Gasteiger partial charge is 0.240 e. The number of ether oxygens (including phenoxy) is 1. The van der Waals surface area contributed by atoms with E-state index in [1.54, 1.807) is 13.3 Å². The minimum Gasteiger partial charge on any atom is -0.479 e. The fourth-order valence-corrected chi connectivity index (χ4v) is 5.01. The molecular formula is C23H26N6O2S. The van der Waals surface area contributed by atoms with Gasteiger partial charge in [-0.05, 0) is 43.0 Å². The van der Waals surface area contributed by atoms with Crippen LogP contribution in [-0.4, -0.2) is 21.9 Å². The lowest BCUT2D eigenvalue weighted by molar-refractivity contribution is 0.316. The van der Waals surface area contributed by atoms with Crippen LogP contribution < -0.4 is 21.3 Å². The molecule has 0 atom stereocenters. The van der Waals surface area contributed by atoms with Gasteiger partial charge in [0, 0.05) is 34.6 Å². The first kappa shape index (κ1) is 20.7. The van der Waals surface area contributed by atoms with Gasteiger partial charge in [-0.3, -0.25) is 9.82 Å². The van der Waals surface area contributed by atoms with E-state index in [0.717, 1.165) is 51.8 Å². The summed E-state index contributed by atoms with van der Waals surface area (Å²) in [6, 6.07) is 7.95. The zero-order chi connectivity index (χ0) is 22.2. The highest BCUT2D eigenvalue weighted by atomic mass is 32.2. The maximum absolute atomic E-state index is 6.18. The molecule has 1 aliphatic rings. The van der Waals surface area contributed by atoms with Crippen LogP contribution in [0.25, 0.3) is 33.4 Å². The minimum atomic E-state index is 0.319. The number of furan rings is 1. The van der Waals surface area contributed by atoms with Gasteiger partial charge in [0.25, 0.3) is 0 Å². The second-order valence-electron chi connectivity index (χ2n) is 8.08. The Hall–Kier alpha value is -3.17. The summed E-state index contributed by atoms with van der Waals surface area (Å²) < 4.78 is 13.8. The molecule has 9 heteroatoms. The molecule has 0 radical (unpaired) electrons. The lowest BCUT2D eigenvalue weighted by atomic mass is 9.96. The van der Waals surface area contributed by atoms with Crippen molar-refractivity contribution in [2.24, 2.45) is 5.14 Å². The Kier molecular flexibility index (Phi) is 5.44. The molecule has 8 nitrogen and oxygen atoms in total. The van der Waals surface area contributed by atoms with Gasteiger partial charge in [0.15, 0.2) is 11.4 Å². The number of nitrogens with two attached hydrogens (primary N) is 3. The van der Waals surface area contributed by atoms with Gasteiger partial charge >= 0.3 is 0 Å². The van der Waals surface area contributed by atoms with Crippen LogP contribution in [0.15, 0.2) is 46.0 Å². The Morgan fingerprint density at radius 3 is 2.69 bits per heavy atom. The van der Waals surface area contributed by atoms with Gasteiger partial charge in [-0.15, -0.1) is 5.10 Å². The van der Waals surface area contributed by atoms with Gasteiger partial charge in [-0.2, -0.15) is 0 Å². The first-order valence-corrected chi connectivity index (χ1v) is 11.6. The van der Waals surface area contributed by atoms with Crippen LogP contribution in [0.1, 0.15) is 38.1 Å². The molecule has 0 aliphatic heterocycles.